The predicted molar refractivity (Wildman–Crippen MR) is 204 cm³/mol. The van der Waals surface area contributed by atoms with E-state index in [2.05, 4.69) is 0 Å². The first-order valence-corrected chi connectivity index (χ1v) is 20.5. The molecule has 2 bridgehead atoms. The summed E-state index contributed by atoms with van der Waals surface area (Å²) < 4.78 is 74.9. The molecule has 5 N–H and O–H groups in total. The number of rotatable bonds is 10. The van der Waals surface area contributed by atoms with E-state index in [0.29, 0.717) is 11.1 Å². The lowest BCUT2D eigenvalue weighted by Gasteiger charge is -2.52. The number of benzene rings is 2. The Hall–Kier alpha value is -3.61. The standard InChI is InChI=1S/C42H52O20/c1-15-10-20-27(31(48)29-28(32(20)51-7)22(11-21(45)30(29)47)58-25-13-38(6,49)35(16(2)55-25)57-19(5)44)33-26(15)34-36-41(60-33,39(14-54-39)42(61-34,62-36)37(52-8)53-9)59-24-12-23(46)40(50,17(3)43)18(4)56-24/h10,16,18,21-25,34-37,45-46,48-50H,11-14H2,1-9H3/t16-,18-,21-,22-,23+,24-,25-,34-,35+,36-,38+,39-,40+,41+,42-/m0/s1. The van der Waals surface area contributed by atoms with Crippen LogP contribution in [0.4, 0.5) is 0 Å². The lowest BCUT2D eigenvalue weighted by molar-refractivity contribution is -0.385. The highest BCUT2D eigenvalue weighted by molar-refractivity contribution is 6.13. The van der Waals surface area contributed by atoms with Gasteiger partial charge in [-0.25, -0.2) is 0 Å². The van der Waals surface area contributed by atoms with Crippen molar-refractivity contribution in [1.29, 1.82) is 0 Å². The molecule has 6 aliphatic heterocycles. The van der Waals surface area contributed by atoms with Gasteiger partial charge in [-0.1, -0.05) is 0 Å². The van der Waals surface area contributed by atoms with Gasteiger partial charge in [0.25, 0.3) is 11.6 Å². The maximum atomic E-state index is 14.1. The molecule has 62 heavy (non-hydrogen) atoms. The third-order valence-corrected chi connectivity index (χ3v) is 13.7. The summed E-state index contributed by atoms with van der Waals surface area (Å²) in [6.45, 7) is 8.56. The number of aliphatic hydroxyl groups is 4. The lowest BCUT2D eigenvalue weighted by Crippen LogP contribution is -2.72. The molecule has 20 heteroatoms. The van der Waals surface area contributed by atoms with E-state index in [1.54, 1.807) is 19.9 Å². The third-order valence-electron chi connectivity index (χ3n) is 13.7. The van der Waals surface area contributed by atoms with Crippen LogP contribution in [0.5, 0.6) is 17.2 Å². The van der Waals surface area contributed by atoms with E-state index in [-0.39, 0.29) is 52.8 Å². The van der Waals surface area contributed by atoms with Gasteiger partial charge in [-0.05, 0) is 46.2 Å². The fraction of sp³-hybridized carbons (Fsp3) is 0.690. The topological polar surface area (TPSA) is 266 Å². The molecule has 5 fully saturated rings. The Morgan fingerprint density at radius 2 is 1.68 bits per heavy atom. The smallest absolute Gasteiger partial charge is 0.303 e. The van der Waals surface area contributed by atoms with Crippen molar-refractivity contribution in [2.75, 3.05) is 27.9 Å². The molecule has 0 aromatic heterocycles. The summed E-state index contributed by atoms with van der Waals surface area (Å²) in [6.07, 6.45) is -14.2. The average molecular weight is 877 g/mol. The molecule has 20 nitrogen and oxygen atoms in total. The number of ether oxygens (including phenoxy) is 12. The van der Waals surface area contributed by atoms with Crippen LogP contribution < -0.4 is 9.47 Å². The van der Waals surface area contributed by atoms with Gasteiger partial charge in [-0.15, -0.1) is 0 Å². The zero-order valence-corrected chi connectivity index (χ0v) is 35.6. The summed E-state index contributed by atoms with van der Waals surface area (Å²) in [5, 5.41) is 57.6. The number of phenols is 1. The van der Waals surface area contributed by atoms with Crippen LogP contribution in [0.1, 0.15) is 93.1 Å². The number of methoxy groups -OCH3 is 3. The number of hydrogen-bond acceptors (Lipinski definition) is 20. The van der Waals surface area contributed by atoms with Gasteiger partial charge < -0.3 is 82.4 Å². The van der Waals surface area contributed by atoms with E-state index in [1.807, 2.05) is 0 Å². The van der Waals surface area contributed by atoms with Crippen molar-refractivity contribution in [3.05, 3.63) is 28.3 Å². The van der Waals surface area contributed by atoms with Crippen LogP contribution in [0.2, 0.25) is 0 Å². The highest BCUT2D eigenvalue weighted by Crippen LogP contribution is 2.72. The van der Waals surface area contributed by atoms with Crippen molar-refractivity contribution < 1.29 is 96.8 Å². The molecular formula is C42H52O20. The Kier molecular flexibility index (Phi) is 10.2. The number of esters is 1. The van der Waals surface area contributed by atoms with Gasteiger partial charge in [-0.3, -0.25) is 14.4 Å². The summed E-state index contributed by atoms with van der Waals surface area (Å²) in [5.41, 5.74) is -4.74. The molecular weight excluding hydrogens is 824 g/mol. The Balaban J connectivity index is 1.18. The van der Waals surface area contributed by atoms with Gasteiger partial charge in [0.15, 0.2) is 42.0 Å². The van der Waals surface area contributed by atoms with Crippen LogP contribution in [0.15, 0.2) is 6.07 Å². The van der Waals surface area contributed by atoms with E-state index in [9.17, 15) is 39.9 Å². The van der Waals surface area contributed by atoms with Crippen molar-refractivity contribution in [3.63, 3.8) is 0 Å². The van der Waals surface area contributed by atoms with Gasteiger partial charge >= 0.3 is 5.97 Å². The van der Waals surface area contributed by atoms with E-state index >= 15 is 0 Å². The molecule has 15 atom stereocenters. The molecule has 5 saturated heterocycles. The number of epoxide rings is 1. The van der Waals surface area contributed by atoms with Crippen molar-refractivity contribution in [2.24, 2.45) is 0 Å². The first-order chi connectivity index (χ1) is 29.2. The monoisotopic (exact) mass is 876 g/mol. The average Bonchev–Trinajstić information content (AvgIpc) is 3.86. The zero-order chi connectivity index (χ0) is 44.8. The first-order valence-electron chi connectivity index (χ1n) is 20.5. The molecule has 0 saturated carbocycles. The summed E-state index contributed by atoms with van der Waals surface area (Å²) in [7, 11) is 4.14. The number of aryl methyl sites for hydroxylation is 1. The van der Waals surface area contributed by atoms with Gasteiger partial charge in [-0.2, -0.15) is 0 Å². The molecule has 1 aliphatic carbocycles. The van der Waals surface area contributed by atoms with Crippen LogP contribution in [-0.4, -0.2) is 155 Å². The minimum Gasteiger partial charge on any atom is -0.506 e. The van der Waals surface area contributed by atoms with Gasteiger partial charge in [0.2, 0.25) is 11.9 Å². The molecule has 0 radical (unpaired) electrons. The molecule has 0 unspecified atom stereocenters. The predicted octanol–water partition coefficient (Wildman–Crippen LogP) is 1.16. The fourth-order valence-electron chi connectivity index (χ4n) is 10.8. The second kappa shape index (κ2) is 14.4. The van der Waals surface area contributed by atoms with Crippen molar-refractivity contribution in [2.45, 2.75) is 157 Å². The largest absolute Gasteiger partial charge is 0.506 e. The van der Waals surface area contributed by atoms with Crippen molar-refractivity contribution in [1.82, 2.24) is 0 Å². The highest BCUT2D eigenvalue weighted by Gasteiger charge is 2.94. The number of carbonyl (C=O) groups is 3. The van der Waals surface area contributed by atoms with Gasteiger partial charge in [0, 0.05) is 56.9 Å². The number of ketones is 2. The molecule has 340 valence electrons. The van der Waals surface area contributed by atoms with Crippen LogP contribution in [0.3, 0.4) is 0 Å². The number of hydrogen-bond donors (Lipinski definition) is 5. The zero-order valence-electron chi connectivity index (χ0n) is 35.6. The van der Waals surface area contributed by atoms with Crippen molar-refractivity contribution >= 4 is 28.3 Å². The molecule has 0 amide bonds. The van der Waals surface area contributed by atoms with Crippen LogP contribution in [0.25, 0.3) is 10.8 Å². The fourth-order valence-corrected chi connectivity index (χ4v) is 10.8. The first kappa shape index (κ1) is 43.6. The Morgan fingerprint density at radius 3 is 2.26 bits per heavy atom. The number of carbonyl (C=O) groups excluding carboxylic acids is 3. The number of Topliss-reactive ketones (excluding diaryl/α,β-unsaturated/α-hetero) is 2. The maximum absolute atomic E-state index is 14.1. The van der Waals surface area contributed by atoms with E-state index in [4.69, 9.17) is 56.8 Å². The van der Waals surface area contributed by atoms with Gasteiger partial charge in [0.1, 0.15) is 35.1 Å². The Labute approximate surface area is 355 Å². The Bertz CT molecular complexity index is 2200. The third kappa shape index (κ3) is 5.69. The Morgan fingerprint density at radius 1 is 0.984 bits per heavy atom. The van der Waals surface area contributed by atoms with Crippen molar-refractivity contribution in [3.8, 4) is 17.2 Å². The summed E-state index contributed by atoms with van der Waals surface area (Å²) >= 11 is 0. The molecule has 2 aromatic rings. The quantitative estimate of drug-likeness (QED) is 0.127. The van der Waals surface area contributed by atoms with Gasteiger partial charge in [0.05, 0.1) is 49.1 Å². The summed E-state index contributed by atoms with van der Waals surface area (Å²) in [6, 6.07) is 1.71. The highest BCUT2D eigenvalue weighted by atomic mass is 16.9. The number of aromatic hydroxyl groups is 1. The SMILES string of the molecule is COc1c2c(c(O)c3c4c(c(C)cc13)[C@@H]1O[C@@]3(C(OC)OC)O[C@@H]1[C@@](O[C@H]1C[C@@H](O)[C@@](O)(C(C)=O)[C@H](C)O1)(O4)[C@@]31CO1)C(=O)[C@@H](O)C[C@@H]2O[C@H]1C[C@@](C)(O)[C@H](OC(C)=O)[C@H](C)O1. The lowest BCUT2D eigenvalue weighted by atomic mass is 9.77. The normalized spacial score (nSPS) is 42.8. The molecule has 7 aliphatic rings. The van der Waals surface area contributed by atoms with Crippen LogP contribution in [-0.2, 0) is 57.0 Å². The van der Waals surface area contributed by atoms with E-state index in [1.165, 1.54) is 42.1 Å². The van der Waals surface area contributed by atoms with Crippen LogP contribution in [0, 0.1) is 6.92 Å². The van der Waals surface area contributed by atoms with Crippen LogP contribution >= 0.6 is 0 Å². The summed E-state index contributed by atoms with van der Waals surface area (Å²) in [4.78, 5) is 38.4. The number of phenolic OH excluding ortho intramolecular Hbond substituents is 1. The van der Waals surface area contributed by atoms with E-state index in [0.717, 1.165) is 6.92 Å². The molecule has 6 heterocycles. The maximum Gasteiger partial charge on any atom is 0.303 e. The minimum atomic E-state index is -2.24. The molecule has 1 spiro atoms. The number of aliphatic hydroxyl groups excluding tert-OH is 2. The minimum absolute atomic E-state index is 0.0211. The van der Waals surface area contributed by atoms with E-state index < -0.39 is 126 Å². The molecule has 9 rings (SSSR count). The second-order valence-electron chi connectivity index (χ2n) is 17.5. The second-order valence-corrected chi connectivity index (χ2v) is 17.5. The summed E-state index contributed by atoms with van der Waals surface area (Å²) in [5.74, 6) is -6.52. The number of fused-ring (bicyclic) bond motifs is 8. The molecule has 2 aromatic carbocycles.